The molecule has 1 aliphatic rings. The molecule has 3 N–H and O–H groups in total. The molecule has 0 heterocycles. The van der Waals surface area contributed by atoms with Crippen molar-refractivity contribution in [2.24, 2.45) is 5.41 Å². The van der Waals surface area contributed by atoms with Crippen LogP contribution in [-0.4, -0.2) is 55.0 Å². The molecule has 8 nitrogen and oxygen atoms in total. The van der Waals surface area contributed by atoms with Gasteiger partial charge in [0.2, 0.25) is 5.91 Å². The molecular weight excluding hydrogens is 436 g/mol. The van der Waals surface area contributed by atoms with Gasteiger partial charge >= 0.3 is 12.1 Å². The highest BCUT2D eigenvalue weighted by Crippen LogP contribution is 2.44. The summed E-state index contributed by atoms with van der Waals surface area (Å²) in [5.74, 6) is -1.96. The van der Waals surface area contributed by atoms with E-state index in [1.807, 2.05) is 48.5 Å². The number of methoxy groups -OCH3 is 1. The van der Waals surface area contributed by atoms with Crippen molar-refractivity contribution >= 4 is 18.0 Å². The first-order chi connectivity index (χ1) is 16.0. The van der Waals surface area contributed by atoms with Gasteiger partial charge in [0.05, 0.1) is 6.10 Å². The molecule has 2 amide bonds. The Hall–Kier alpha value is -3.39. The van der Waals surface area contributed by atoms with Gasteiger partial charge < -0.3 is 25.2 Å². The predicted octanol–water partition coefficient (Wildman–Crippen LogP) is 3.54. The van der Waals surface area contributed by atoms with Crippen LogP contribution in [0.5, 0.6) is 0 Å². The quantitative estimate of drug-likeness (QED) is 0.546. The molecule has 0 radical (unpaired) electrons. The number of alkyl carbamates (subject to hydrolysis) is 1. The predicted molar refractivity (Wildman–Crippen MR) is 127 cm³/mol. The van der Waals surface area contributed by atoms with Gasteiger partial charge in [-0.2, -0.15) is 0 Å². The lowest BCUT2D eigenvalue weighted by atomic mass is 9.86. The molecule has 0 aliphatic heterocycles. The van der Waals surface area contributed by atoms with E-state index in [1.54, 1.807) is 27.7 Å². The van der Waals surface area contributed by atoms with Gasteiger partial charge in [-0.25, -0.2) is 9.59 Å². The van der Waals surface area contributed by atoms with Crippen LogP contribution in [-0.2, 0) is 19.1 Å². The largest absolute Gasteiger partial charge is 0.480 e. The number of carbonyl (C=O) groups excluding carboxylic acids is 2. The molecule has 8 heteroatoms. The molecule has 0 saturated heterocycles. The van der Waals surface area contributed by atoms with Crippen LogP contribution in [0.15, 0.2) is 48.5 Å². The molecule has 0 unspecified atom stereocenters. The number of hydrogen-bond acceptors (Lipinski definition) is 5. The second-order valence-corrected chi connectivity index (χ2v) is 9.53. The van der Waals surface area contributed by atoms with Crippen molar-refractivity contribution in [3.63, 3.8) is 0 Å². The van der Waals surface area contributed by atoms with E-state index < -0.39 is 41.6 Å². The fourth-order valence-electron chi connectivity index (χ4n) is 4.19. The Morgan fingerprint density at radius 1 is 0.971 bits per heavy atom. The zero-order chi connectivity index (χ0) is 25.0. The van der Waals surface area contributed by atoms with Crippen LogP contribution in [0.3, 0.4) is 0 Å². The third kappa shape index (κ3) is 5.39. The molecule has 182 valence electrons. The molecule has 3 atom stereocenters. The van der Waals surface area contributed by atoms with Crippen molar-refractivity contribution < 1.29 is 29.0 Å². The van der Waals surface area contributed by atoms with E-state index in [-0.39, 0.29) is 12.5 Å². The molecule has 1 aliphatic carbocycles. The van der Waals surface area contributed by atoms with Gasteiger partial charge in [-0.3, -0.25) is 4.79 Å². The standard InChI is InChI=1S/C26H32N2O6/c1-15(33-5)21(24(30)31)27-23(29)22(26(2,3)4)28-25(32)34-14-20-18-12-8-6-10-16(18)17-11-7-9-13-19(17)20/h6-13,15,20-22H,14H2,1-5H3,(H,27,29)(H,28,32)(H,30,31)/t15-,21+,22+/m1/s1. The van der Waals surface area contributed by atoms with E-state index in [0.29, 0.717) is 0 Å². The summed E-state index contributed by atoms with van der Waals surface area (Å²) in [5, 5.41) is 14.5. The minimum absolute atomic E-state index is 0.108. The van der Waals surface area contributed by atoms with Gasteiger partial charge in [0.1, 0.15) is 12.6 Å². The van der Waals surface area contributed by atoms with Crippen molar-refractivity contribution in [2.75, 3.05) is 13.7 Å². The summed E-state index contributed by atoms with van der Waals surface area (Å²) in [6.07, 6.45) is -1.50. The summed E-state index contributed by atoms with van der Waals surface area (Å²) < 4.78 is 10.6. The summed E-state index contributed by atoms with van der Waals surface area (Å²) in [7, 11) is 1.36. The zero-order valence-electron chi connectivity index (χ0n) is 20.1. The van der Waals surface area contributed by atoms with Crippen LogP contribution in [0.2, 0.25) is 0 Å². The van der Waals surface area contributed by atoms with E-state index in [0.717, 1.165) is 22.3 Å². The number of carbonyl (C=O) groups is 3. The Labute approximate surface area is 199 Å². The van der Waals surface area contributed by atoms with Crippen molar-refractivity contribution in [2.45, 2.75) is 51.8 Å². The van der Waals surface area contributed by atoms with E-state index in [4.69, 9.17) is 9.47 Å². The van der Waals surface area contributed by atoms with Gasteiger partial charge in [-0.15, -0.1) is 0 Å². The average Bonchev–Trinajstić information content (AvgIpc) is 3.11. The Morgan fingerprint density at radius 3 is 1.97 bits per heavy atom. The summed E-state index contributed by atoms with van der Waals surface area (Å²) in [5.41, 5.74) is 3.70. The third-order valence-electron chi connectivity index (χ3n) is 6.14. The normalized spacial score (nSPS) is 15.4. The van der Waals surface area contributed by atoms with Crippen molar-refractivity contribution in [3.05, 3.63) is 59.7 Å². The summed E-state index contributed by atoms with van der Waals surface area (Å²) in [4.78, 5) is 37.3. The number of carboxylic acids is 1. The first kappa shape index (κ1) is 25.2. The first-order valence-electron chi connectivity index (χ1n) is 11.2. The SMILES string of the molecule is CO[C@H](C)[C@H](NC(=O)[C@H](NC(=O)OCC1c2ccccc2-c2ccccc21)C(C)(C)C)C(=O)O. The Kier molecular flexibility index (Phi) is 7.61. The number of fused-ring (bicyclic) bond motifs is 3. The highest BCUT2D eigenvalue weighted by molar-refractivity contribution is 5.90. The van der Waals surface area contributed by atoms with Crippen molar-refractivity contribution in [1.82, 2.24) is 10.6 Å². The lowest BCUT2D eigenvalue weighted by Crippen LogP contribution is -2.58. The van der Waals surface area contributed by atoms with Crippen LogP contribution in [0.4, 0.5) is 4.79 Å². The maximum Gasteiger partial charge on any atom is 0.407 e. The maximum absolute atomic E-state index is 12.9. The number of nitrogens with one attached hydrogen (secondary N) is 2. The molecule has 0 saturated carbocycles. The minimum Gasteiger partial charge on any atom is -0.480 e. The second-order valence-electron chi connectivity index (χ2n) is 9.53. The first-order valence-corrected chi connectivity index (χ1v) is 11.2. The van der Waals surface area contributed by atoms with Crippen molar-refractivity contribution in [3.8, 4) is 11.1 Å². The average molecular weight is 469 g/mol. The molecule has 2 aromatic carbocycles. The smallest absolute Gasteiger partial charge is 0.407 e. The van der Waals surface area contributed by atoms with Crippen LogP contribution < -0.4 is 10.6 Å². The molecular formula is C26H32N2O6. The Morgan fingerprint density at radius 2 is 1.50 bits per heavy atom. The minimum atomic E-state index is -1.26. The van der Waals surface area contributed by atoms with Crippen LogP contribution in [0.25, 0.3) is 11.1 Å². The fourth-order valence-corrected chi connectivity index (χ4v) is 4.19. The lowest BCUT2D eigenvalue weighted by Gasteiger charge is -2.32. The molecule has 0 aromatic heterocycles. The van der Waals surface area contributed by atoms with Crippen LogP contribution >= 0.6 is 0 Å². The van der Waals surface area contributed by atoms with E-state index in [1.165, 1.54) is 7.11 Å². The maximum atomic E-state index is 12.9. The highest BCUT2D eigenvalue weighted by atomic mass is 16.5. The number of aliphatic carboxylic acids is 1. The topological polar surface area (TPSA) is 114 Å². The van der Waals surface area contributed by atoms with Crippen LogP contribution in [0, 0.1) is 5.41 Å². The van der Waals surface area contributed by atoms with Gasteiger partial charge in [-0.05, 0) is 34.6 Å². The second kappa shape index (κ2) is 10.3. The molecule has 0 fully saturated rings. The number of carboxylic acid groups (broad SMARTS) is 1. The van der Waals surface area contributed by atoms with E-state index >= 15 is 0 Å². The monoisotopic (exact) mass is 468 g/mol. The number of rotatable bonds is 8. The van der Waals surface area contributed by atoms with Crippen molar-refractivity contribution in [1.29, 1.82) is 0 Å². The molecule has 0 spiro atoms. The number of amides is 2. The summed E-state index contributed by atoms with van der Waals surface area (Å²) >= 11 is 0. The van der Waals surface area contributed by atoms with Gasteiger partial charge in [0.15, 0.2) is 6.04 Å². The summed E-state index contributed by atoms with van der Waals surface area (Å²) in [6.45, 7) is 6.98. The third-order valence-corrected chi connectivity index (χ3v) is 6.14. The molecule has 3 rings (SSSR count). The molecule has 2 aromatic rings. The fraction of sp³-hybridized carbons (Fsp3) is 0.423. The van der Waals surface area contributed by atoms with Gasteiger partial charge in [0, 0.05) is 13.0 Å². The molecule has 0 bridgehead atoms. The van der Waals surface area contributed by atoms with E-state index in [9.17, 15) is 19.5 Å². The number of benzene rings is 2. The van der Waals surface area contributed by atoms with Crippen LogP contribution in [0.1, 0.15) is 44.7 Å². The Bertz CT molecular complexity index is 1020. The number of hydrogen-bond donors (Lipinski definition) is 3. The number of ether oxygens (including phenoxy) is 2. The zero-order valence-corrected chi connectivity index (χ0v) is 20.1. The van der Waals surface area contributed by atoms with Gasteiger partial charge in [-0.1, -0.05) is 69.3 Å². The lowest BCUT2D eigenvalue weighted by molar-refractivity contribution is -0.146. The highest BCUT2D eigenvalue weighted by Gasteiger charge is 2.37. The van der Waals surface area contributed by atoms with E-state index in [2.05, 4.69) is 10.6 Å². The summed E-state index contributed by atoms with van der Waals surface area (Å²) in [6, 6.07) is 13.7. The Balaban J connectivity index is 1.70. The molecule has 34 heavy (non-hydrogen) atoms. The van der Waals surface area contributed by atoms with Gasteiger partial charge in [0.25, 0.3) is 0 Å².